The van der Waals surface area contributed by atoms with Crippen molar-refractivity contribution in [2.75, 3.05) is 31.3 Å². The topological polar surface area (TPSA) is 58.6 Å². The number of ether oxygens (including phenoxy) is 1. The van der Waals surface area contributed by atoms with Crippen LogP contribution in [0.3, 0.4) is 0 Å². The monoisotopic (exact) mass is 308 g/mol. The molecule has 1 unspecified atom stereocenters. The second kappa shape index (κ2) is 7.47. The summed E-state index contributed by atoms with van der Waals surface area (Å²) in [6, 6.07) is 7.65. The molecule has 1 aliphatic rings. The van der Waals surface area contributed by atoms with E-state index in [4.69, 9.17) is 4.74 Å². The third-order valence-electron chi connectivity index (χ3n) is 3.25. The molecule has 1 aromatic rings. The van der Waals surface area contributed by atoms with Gasteiger partial charge in [0.2, 0.25) is 11.8 Å². The molecule has 0 saturated carbocycles. The summed E-state index contributed by atoms with van der Waals surface area (Å²) < 4.78 is 5.09. The van der Waals surface area contributed by atoms with Crippen LogP contribution in [0.2, 0.25) is 0 Å². The van der Waals surface area contributed by atoms with Crippen LogP contribution in [-0.4, -0.2) is 42.7 Å². The number of carbonyl (C=O) groups is 2. The van der Waals surface area contributed by atoms with Crippen molar-refractivity contribution < 1.29 is 14.3 Å². The van der Waals surface area contributed by atoms with Gasteiger partial charge in [0.05, 0.1) is 6.61 Å². The normalized spacial score (nSPS) is 18.7. The van der Waals surface area contributed by atoms with Crippen molar-refractivity contribution in [3.05, 3.63) is 29.8 Å². The van der Waals surface area contributed by atoms with Crippen LogP contribution in [0.4, 0.5) is 5.69 Å². The molecule has 1 atom stereocenters. The first-order valence-corrected chi connectivity index (χ1v) is 7.94. The van der Waals surface area contributed by atoms with Gasteiger partial charge in [-0.2, -0.15) is 0 Å². The quantitative estimate of drug-likeness (QED) is 0.906. The van der Waals surface area contributed by atoms with Crippen LogP contribution in [0, 0.1) is 0 Å². The van der Waals surface area contributed by atoms with E-state index in [1.54, 1.807) is 18.9 Å². The maximum atomic E-state index is 12.1. The molecule has 0 spiro atoms. The Bertz CT molecular complexity index is 504. The molecule has 1 heterocycles. The third kappa shape index (κ3) is 4.22. The van der Waals surface area contributed by atoms with Crippen molar-refractivity contribution >= 4 is 29.3 Å². The lowest BCUT2D eigenvalue weighted by atomic mass is 10.1. The number of thioether (sulfide) groups is 1. The van der Waals surface area contributed by atoms with E-state index in [1.165, 1.54) is 6.92 Å². The van der Waals surface area contributed by atoms with Gasteiger partial charge in [-0.25, -0.2) is 0 Å². The zero-order chi connectivity index (χ0) is 15.2. The maximum absolute atomic E-state index is 12.1. The van der Waals surface area contributed by atoms with Crippen molar-refractivity contribution in [1.82, 2.24) is 4.90 Å². The zero-order valence-corrected chi connectivity index (χ0v) is 13.1. The predicted molar refractivity (Wildman–Crippen MR) is 84.2 cm³/mol. The zero-order valence-electron chi connectivity index (χ0n) is 12.3. The molecule has 0 bridgehead atoms. The molecule has 1 aromatic carbocycles. The second-order valence-corrected chi connectivity index (χ2v) is 6.04. The van der Waals surface area contributed by atoms with Gasteiger partial charge < -0.3 is 15.0 Å². The number of hydrogen-bond acceptors (Lipinski definition) is 4. The number of rotatable bonds is 5. The number of nitrogens with one attached hydrogen (secondary N) is 1. The highest BCUT2D eigenvalue weighted by atomic mass is 32.2. The lowest BCUT2D eigenvalue weighted by Crippen LogP contribution is -2.39. The van der Waals surface area contributed by atoms with Crippen LogP contribution in [0.5, 0.6) is 0 Å². The fourth-order valence-corrected chi connectivity index (χ4v) is 3.53. The molecule has 21 heavy (non-hydrogen) atoms. The first-order chi connectivity index (χ1) is 10.1. The summed E-state index contributed by atoms with van der Waals surface area (Å²) in [5, 5.41) is 2.76. The van der Waals surface area contributed by atoms with Crippen molar-refractivity contribution in [3.63, 3.8) is 0 Å². The van der Waals surface area contributed by atoms with Crippen LogP contribution in [0.15, 0.2) is 24.3 Å². The molecule has 1 N–H and O–H groups in total. The number of carbonyl (C=O) groups excluding carboxylic acids is 2. The molecule has 2 amide bonds. The van der Waals surface area contributed by atoms with Gasteiger partial charge in [0.1, 0.15) is 5.37 Å². The van der Waals surface area contributed by atoms with Crippen LogP contribution in [0.25, 0.3) is 0 Å². The molecule has 6 heteroatoms. The van der Waals surface area contributed by atoms with Crippen molar-refractivity contribution in [3.8, 4) is 0 Å². The Kier molecular flexibility index (Phi) is 5.64. The average molecular weight is 308 g/mol. The Morgan fingerprint density at radius 3 is 2.76 bits per heavy atom. The molecular weight excluding hydrogens is 288 g/mol. The predicted octanol–water partition coefficient (Wildman–Crippen LogP) is 2.26. The van der Waals surface area contributed by atoms with Crippen LogP contribution in [-0.2, 0) is 14.3 Å². The highest BCUT2D eigenvalue weighted by Crippen LogP contribution is 2.37. The van der Waals surface area contributed by atoms with Gasteiger partial charge in [-0.3, -0.25) is 9.59 Å². The largest absolute Gasteiger partial charge is 0.383 e. The fourth-order valence-electron chi connectivity index (χ4n) is 2.26. The summed E-state index contributed by atoms with van der Waals surface area (Å²) in [6.07, 6.45) is 0.578. The van der Waals surface area contributed by atoms with E-state index in [-0.39, 0.29) is 17.2 Å². The lowest BCUT2D eigenvalue weighted by molar-refractivity contribution is -0.132. The maximum Gasteiger partial charge on any atom is 0.224 e. The SMILES string of the molecule is COCCN1C(=O)CCSC1c1ccc(NC(C)=O)cc1. The van der Waals surface area contributed by atoms with Gasteiger partial charge >= 0.3 is 0 Å². The first kappa shape index (κ1) is 15.9. The van der Waals surface area contributed by atoms with E-state index in [0.717, 1.165) is 17.0 Å². The lowest BCUT2D eigenvalue weighted by Gasteiger charge is -2.35. The van der Waals surface area contributed by atoms with Gasteiger partial charge in [0.25, 0.3) is 0 Å². The van der Waals surface area contributed by atoms with Gasteiger partial charge in [-0.1, -0.05) is 12.1 Å². The summed E-state index contributed by atoms with van der Waals surface area (Å²) in [4.78, 5) is 25.0. The molecule has 1 aliphatic heterocycles. The summed E-state index contributed by atoms with van der Waals surface area (Å²) >= 11 is 1.76. The smallest absolute Gasteiger partial charge is 0.224 e. The minimum Gasteiger partial charge on any atom is -0.383 e. The molecule has 1 fully saturated rings. The number of methoxy groups -OCH3 is 1. The summed E-state index contributed by atoms with van der Waals surface area (Å²) in [6.45, 7) is 2.61. The highest BCUT2D eigenvalue weighted by Gasteiger charge is 2.29. The minimum absolute atomic E-state index is 0.0211. The van der Waals surface area contributed by atoms with E-state index in [1.807, 2.05) is 29.2 Å². The standard InChI is InChI=1S/C15H20N2O3S/c1-11(18)16-13-5-3-12(4-6-13)15-17(8-9-20-2)14(19)7-10-21-15/h3-6,15H,7-10H2,1-2H3,(H,16,18). The van der Waals surface area contributed by atoms with Gasteiger partial charge in [0, 0.05) is 38.4 Å². The molecule has 0 radical (unpaired) electrons. The van der Waals surface area contributed by atoms with E-state index in [2.05, 4.69) is 5.32 Å². The van der Waals surface area contributed by atoms with Gasteiger partial charge in [-0.05, 0) is 17.7 Å². The Labute approximate surface area is 129 Å². The summed E-state index contributed by atoms with van der Waals surface area (Å²) in [7, 11) is 1.64. The summed E-state index contributed by atoms with van der Waals surface area (Å²) in [5.74, 6) is 0.911. The number of hydrogen-bond donors (Lipinski definition) is 1. The molecule has 0 aliphatic carbocycles. The van der Waals surface area contributed by atoms with Gasteiger partial charge in [-0.15, -0.1) is 11.8 Å². The van der Waals surface area contributed by atoms with E-state index >= 15 is 0 Å². The molecule has 2 rings (SSSR count). The Hall–Kier alpha value is -1.53. The number of amides is 2. The van der Waals surface area contributed by atoms with E-state index < -0.39 is 0 Å². The van der Waals surface area contributed by atoms with E-state index in [0.29, 0.717) is 19.6 Å². The van der Waals surface area contributed by atoms with Crippen LogP contribution < -0.4 is 5.32 Å². The number of nitrogens with zero attached hydrogens (tertiary/aromatic N) is 1. The Morgan fingerprint density at radius 2 is 2.14 bits per heavy atom. The molecular formula is C15H20N2O3S. The van der Waals surface area contributed by atoms with Gasteiger partial charge in [0.15, 0.2) is 0 Å². The number of benzene rings is 1. The Morgan fingerprint density at radius 1 is 1.43 bits per heavy atom. The molecule has 0 aromatic heterocycles. The van der Waals surface area contributed by atoms with E-state index in [9.17, 15) is 9.59 Å². The average Bonchev–Trinajstić information content (AvgIpc) is 2.46. The first-order valence-electron chi connectivity index (χ1n) is 6.89. The molecule has 5 nitrogen and oxygen atoms in total. The second-order valence-electron chi connectivity index (χ2n) is 4.86. The minimum atomic E-state index is -0.0910. The fraction of sp³-hybridized carbons (Fsp3) is 0.467. The third-order valence-corrected chi connectivity index (χ3v) is 4.53. The summed E-state index contributed by atoms with van der Waals surface area (Å²) in [5.41, 5.74) is 1.83. The van der Waals surface area contributed by atoms with Crippen molar-refractivity contribution in [2.45, 2.75) is 18.7 Å². The number of anilines is 1. The highest BCUT2D eigenvalue weighted by molar-refractivity contribution is 7.99. The van der Waals surface area contributed by atoms with Crippen molar-refractivity contribution in [1.29, 1.82) is 0 Å². The van der Waals surface area contributed by atoms with Crippen LogP contribution in [0.1, 0.15) is 24.3 Å². The Balaban J connectivity index is 2.13. The van der Waals surface area contributed by atoms with Crippen molar-refractivity contribution in [2.24, 2.45) is 0 Å². The van der Waals surface area contributed by atoms with Crippen LogP contribution >= 0.6 is 11.8 Å². The molecule has 1 saturated heterocycles. The molecule has 114 valence electrons.